The number of aromatic nitrogens is 2. The van der Waals surface area contributed by atoms with Crippen molar-refractivity contribution in [3.8, 4) is 0 Å². The normalized spacial score (nSPS) is 10.6. The number of nitrogens with zero attached hydrogens (tertiary/aromatic N) is 2. The van der Waals surface area contributed by atoms with Gasteiger partial charge in [0.05, 0.1) is 5.75 Å². The summed E-state index contributed by atoms with van der Waals surface area (Å²) >= 11 is 11.6. The number of carbonyl (C=O) groups is 2. The van der Waals surface area contributed by atoms with E-state index in [2.05, 4.69) is 36.8 Å². The molecule has 11 heteroatoms. The number of amides is 2. The molecular weight excluding hydrogens is 476 g/mol. The van der Waals surface area contributed by atoms with Crippen LogP contribution in [0.25, 0.3) is 0 Å². The molecule has 3 aromatic rings. The monoisotopic (exact) mass is 486 g/mol. The Balaban J connectivity index is 1.45. The van der Waals surface area contributed by atoms with Gasteiger partial charge in [0.15, 0.2) is 14.8 Å². The van der Waals surface area contributed by atoms with Gasteiger partial charge in [-0.1, -0.05) is 52.9 Å². The molecule has 0 aliphatic rings. The molecule has 0 saturated carbocycles. The maximum absolute atomic E-state index is 12.0. The largest absolute Gasteiger partial charge is 0.444 e. The fourth-order valence-corrected chi connectivity index (χ4v) is 4.01. The molecule has 1 aromatic carbocycles. The number of rotatable bonds is 7. The molecular formula is C16H12BrClN4O3S2. The summed E-state index contributed by atoms with van der Waals surface area (Å²) in [6.07, 6.45) is 0. The van der Waals surface area contributed by atoms with E-state index in [1.807, 2.05) is 18.2 Å². The molecule has 0 fully saturated rings. The maximum atomic E-state index is 12.0. The lowest BCUT2D eigenvalue weighted by atomic mass is 10.2. The standard InChI is InChI=1S/C16H12BrClN4O3S2/c17-12-6-5-11(25-12)14(24)20-15-21-22-16(27-15)26-8-13(23)19-7-9-3-1-2-4-10(9)18/h1-6H,7-8H2,(H,19,23)(H,20,21,24). The zero-order valence-electron chi connectivity index (χ0n) is 13.6. The highest BCUT2D eigenvalue weighted by Gasteiger charge is 2.14. The van der Waals surface area contributed by atoms with Crippen LogP contribution in [-0.2, 0) is 11.3 Å². The van der Waals surface area contributed by atoms with Crippen LogP contribution in [0.3, 0.4) is 0 Å². The molecule has 0 aliphatic carbocycles. The molecule has 27 heavy (non-hydrogen) atoms. The van der Waals surface area contributed by atoms with E-state index in [1.54, 1.807) is 18.2 Å². The Morgan fingerprint density at radius 2 is 2.04 bits per heavy atom. The topological polar surface area (TPSA) is 97.1 Å². The second kappa shape index (κ2) is 9.36. The summed E-state index contributed by atoms with van der Waals surface area (Å²) < 4.78 is 6.20. The zero-order chi connectivity index (χ0) is 19.2. The van der Waals surface area contributed by atoms with Crippen LogP contribution >= 0.6 is 50.6 Å². The molecule has 0 aliphatic heterocycles. The Labute approximate surface area is 176 Å². The van der Waals surface area contributed by atoms with Crippen molar-refractivity contribution in [1.29, 1.82) is 0 Å². The highest BCUT2D eigenvalue weighted by molar-refractivity contribution is 9.10. The van der Waals surface area contributed by atoms with E-state index < -0.39 is 5.91 Å². The smallest absolute Gasteiger partial charge is 0.293 e. The molecule has 3 rings (SSSR count). The average molecular weight is 488 g/mol. The summed E-state index contributed by atoms with van der Waals surface area (Å²) in [5.74, 6) is -0.240. The molecule has 2 amide bonds. The van der Waals surface area contributed by atoms with Crippen LogP contribution in [0.2, 0.25) is 5.02 Å². The van der Waals surface area contributed by atoms with Crippen LogP contribution in [0, 0.1) is 0 Å². The predicted molar refractivity (Wildman–Crippen MR) is 108 cm³/mol. The van der Waals surface area contributed by atoms with Crippen molar-refractivity contribution >= 4 is 67.6 Å². The molecule has 0 atom stereocenters. The predicted octanol–water partition coefficient (Wildman–Crippen LogP) is 4.21. The number of hydrogen-bond donors (Lipinski definition) is 2. The third-order valence-corrected chi connectivity index (χ3v) is 5.95. The lowest BCUT2D eigenvalue weighted by molar-refractivity contribution is -0.118. The highest BCUT2D eigenvalue weighted by atomic mass is 79.9. The number of furan rings is 1. The highest BCUT2D eigenvalue weighted by Crippen LogP contribution is 2.26. The number of thioether (sulfide) groups is 1. The Hall–Kier alpha value is -1.88. The van der Waals surface area contributed by atoms with Crippen molar-refractivity contribution in [1.82, 2.24) is 15.5 Å². The van der Waals surface area contributed by atoms with Gasteiger partial charge < -0.3 is 9.73 Å². The number of anilines is 1. The van der Waals surface area contributed by atoms with Gasteiger partial charge in [-0.25, -0.2) is 0 Å². The van der Waals surface area contributed by atoms with Gasteiger partial charge in [-0.3, -0.25) is 14.9 Å². The van der Waals surface area contributed by atoms with Gasteiger partial charge in [-0.05, 0) is 39.7 Å². The lowest BCUT2D eigenvalue weighted by Gasteiger charge is -2.05. The third kappa shape index (κ3) is 5.80. The summed E-state index contributed by atoms with van der Waals surface area (Å²) in [4.78, 5) is 23.9. The van der Waals surface area contributed by atoms with E-state index in [4.69, 9.17) is 16.0 Å². The number of nitrogens with one attached hydrogen (secondary N) is 2. The van der Waals surface area contributed by atoms with Gasteiger partial charge in [0.25, 0.3) is 5.91 Å². The van der Waals surface area contributed by atoms with Crippen LogP contribution in [0.4, 0.5) is 5.13 Å². The third-order valence-electron chi connectivity index (χ3n) is 3.18. The molecule has 0 spiro atoms. The van der Waals surface area contributed by atoms with E-state index >= 15 is 0 Å². The molecule has 0 saturated heterocycles. The van der Waals surface area contributed by atoms with E-state index in [-0.39, 0.29) is 17.4 Å². The molecule has 0 radical (unpaired) electrons. The van der Waals surface area contributed by atoms with E-state index in [0.717, 1.165) is 5.56 Å². The Bertz CT molecular complexity index is 963. The average Bonchev–Trinajstić information content (AvgIpc) is 3.28. The summed E-state index contributed by atoms with van der Waals surface area (Å²) in [5, 5.41) is 14.2. The minimum atomic E-state index is -0.425. The molecule has 2 N–H and O–H groups in total. The van der Waals surface area contributed by atoms with Gasteiger partial charge in [0.1, 0.15) is 0 Å². The molecule has 0 unspecified atom stereocenters. The lowest BCUT2D eigenvalue weighted by Crippen LogP contribution is -2.24. The number of halogens is 2. The Morgan fingerprint density at radius 3 is 2.78 bits per heavy atom. The second-order valence-corrected chi connectivity index (χ2v) is 8.48. The van der Waals surface area contributed by atoms with E-state index in [0.29, 0.717) is 25.7 Å². The fraction of sp³-hybridized carbons (Fsp3) is 0.125. The van der Waals surface area contributed by atoms with Crippen LogP contribution in [-0.4, -0.2) is 27.8 Å². The SMILES string of the molecule is O=C(CSc1nnc(NC(=O)c2ccc(Br)o2)s1)NCc1ccccc1Cl. The van der Waals surface area contributed by atoms with Gasteiger partial charge in [-0.15, -0.1) is 10.2 Å². The minimum Gasteiger partial charge on any atom is -0.444 e. The summed E-state index contributed by atoms with van der Waals surface area (Å²) in [6.45, 7) is 0.356. The van der Waals surface area contributed by atoms with E-state index in [9.17, 15) is 9.59 Å². The molecule has 0 bridgehead atoms. The van der Waals surface area contributed by atoms with Crippen molar-refractivity contribution in [2.75, 3.05) is 11.1 Å². The van der Waals surface area contributed by atoms with Crippen LogP contribution in [0.15, 0.2) is 49.8 Å². The first-order valence-corrected chi connectivity index (χ1v) is 10.5. The van der Waals surface area contributed by atoms with Crippen molar-refractivity contribution < 1.29 is 14.0 Å². The van der Waals surface area contributed by atoms with Gasteiger partial charge in [-0.2, -0.15) is 0 Å². The zero-order valence-corrected chi connectivity index (χ0v) is 17.5. The minimum absolute atomic E-state index is 0.152. The van der Waals surface area contributed by atoms with Crippen molar-refractivity contribution in [2.24, 2.45) is 0 Å². The molecule has 2 heterocycles. The summed E-state index contributed by atoms with van der Waals surface area (Å²) in [5.41, 5.74) is 0.850. The van der Waals surface area contributed by atoms with Gasteiger partial charge >= 0.3 is 0 Å². The molecule has 140 valence electrons. The summed E-state index contributed by atoms with van der Waals surface area (Å²) in [6, 6.07) is 10.5. The van der Waals surface area contributed by atoms with Crippen molar-refractivity contribution in [3.05, 3.63) is 57.4 Å². The van der Waals surface area contributed by atoms with Gasteiger partial charge in [0, 0.05) is 11.6 Å². The fourth-order valence-electron chi connectivity index (χ4n) is 1.93. The number of carbonyl (C=O) groups excluding carboxylic acids is 2. The maximum Gasteiger partial charge on any atom is 0.293 e. The Kier molecular flexibility index (Phi) is 6.89. The second-order valence-electron chi connectivity index (χ2n) is 5.09. The number of benzene rings is 1. The van der Waals surface area contributed by atoms with Crippen molar-refractivity contribution in [2.45, 2.75) is 10.9 Å². The summed E-state index contributed by atoms with van der Waals surface area (Å²) in [7, 11) is 0. The van der Waals surface area contributed by atoms with E-state index in [1.165, 1.54) is 23.1 Å². The van der Waals surface area contributed by atoms with Crippen LogP contribution in [0.1, 0.15) is 16.1 Å². The van der Waals surface area contributed by atoms with Crippen LogP contribution < -0.4 is 10.6 Å². The Morgan fingerprint density at radius 1 is 1.22 bits per heavy atom. The van der Waals surface area contributed by atoms with Gasteiger partial charge in [0.2, 0.25) is 11.0 Å². The molecule has 7 nitrogen and oxygen atoms in total. The number of hydrogen-bond acceptors (Lipinski definition) is 7. The van der Waals surface area contributed by atoms with Crippen LogP contribution in [0.5, 0.6) is 0 Å². The van der Waals surface area contributed by atoms with Crippen molar-refractivity contribution in [3.63, 3.8) is 0 Å². The molecule has 2 aromatic heterocycles. The first-order valence-electron chi connectivity index (χ1n) is 7.54. The quantitative estimate of drug-likeness (QED) is 0.383. The first kappa shape index (κ1) is 19.9. The first-order chi connectivity index (χ1) is 13.0.